The molecular weight excluding hydrogens is 445 g/mol. The molecule has 1 nitrogen and oxygen atoms in total. The Bertz CT molecular complexity index is 1280. The van der Waals surface area contributed by atoms with E-state index in [-0.39, 0.29) is 11.6 Å². The van der Waals surface area contributed by atoms with Gasteiger partial charge in [0.05, 0.1) is 0 Å². The van der Waals surface area contributed by atoms with E-state index in [4.69, 9.17) is 0 Å². The number of hydrogen-bond donors (Lipinski definition) is 0. The second-order valence-corrected chi connectivity index (χ2v) is 8.91. The summed E-state index contributed by atoms with van der Waals surface area (Å²) in [4.78, 5) is 0. The van der Waals surface area contributed by atoms with Crippen molar-refractivity contribution in [3.05, 3.63) is 89.7 Å². The summed E-state index contributed by atoms with van der Waals surface area (Å²) in [6.07, 6.45) is 6.22. The van der Waals surface area contributed by atoms with Crippen molar-refractivity contribution in [1.82, 2.24) is 0 Å². The third-order valence-corrected chi connectivity index (χ3v) is 6.47. The third kappa shape index (κ3) is 5.70. The first-order chi connectivity index (χ1) is 17.0. The maximum Gasteiger partial charge on any atom is 0.387 e. The third-order valence-electron chi connectivity index (χ3n) is 6.47. The Labute approximate surface area is 205 Å². The van der Waals surface area contributed by atoms with E-state index in [0.29, 0.717) is 11.1 Å². The molecule has 0 saturated carbocycles. The van der Waals surface area contributed by atoms with Crippen LogP contribution in [0.25, 0.3) is 33.0 Å². The van der Waals surface area contributed by atoms with Gasteiger partial charge in [0.25, 0.3) is 0 Å². The predicted octanol–water partition coefficient (Wildman–Crippen LogP) is 9.60. The molecule has 35 heavy (non-hydrogen) atoms. The van der Waals surface area contributed by atoms with Crippen molar-refractivity contribution in [2.45, 2.75) is 59.0 Å². The van der Waals surface area contributed by atoms with Crippen LogP contribution in [0.2, 0.25) is 0 Å². The van der Waals surface area contributed by atoms with Crippen molar-refractivity contribution in [1.29, 1.82) is 0 Å². The summed E-state index contributed by atoms with van der Waals surface area (Å²) in [7, 11) is 0. The van der Waals surface area contributed by atoms with E-state index in [9.17, 15) is 8.78 Å². The lowest BCUT2D eigenvalue weighted by atomic mass is 9.85. The molecule has 0 spiro atoms. The Balaban J connectivity index is 1.81. The van der Waals surface area contributed by atoms with Gasteiger partial charge in [-0.3, -0.25) is 0 Å². The summed E-state index contributed by atoms with van der Waals surface area (Å²) in [5.74, 6) is -0.279. The van der Waals surface area contributed by atoms with Crippen molar-refractivity contribution in [2.24, 2.45) is 0 Å². The lowest BCUT2D eigenvalue weighted by molar-refractivity contribution is -0.0498. The molecule has 4 heteroatoms. The SMILES string of the molecule is CCCCc1cc2ccccc2c(CCCC)c1-c1ccc(-c2ccc(OC(F)F)cc2)c(F)c1. The fourth-order valence-corrected chi connectivity index (χ4v) is 4.74. The number of aryl methyl sites for hydroxylation is 2. The molecule has 0 fully saturated rings. The molecule has 0 atom stereocenters. The molecule has 0 saturated heterocycles. The van der Waals surface area contributed by atoms with Crippen LogP contribution in [0.5, 0.6) is 5.75 Å². The highest BCUT2D eigenvalue weighted by Gasteiger charge is 2.17. The van der Waals surface area contributed by atoms with Gasteiger partial charge < -0.3 is 4.74 Å². The minimum Gasteiger partial charge on any atom is -0.435 e. The van der Waals surface area contributed by atoms with Crippen LogP contribution in [0.1, 0.15) is 50.7 Å². The lowest BCUT2D eigenvalue weighted by Gasteiger charge is -2.19. The monoisotopic (exact) mass is 476 g/mol. The van der Waals surface area contributed by atoms with Crippen molar-refractivity contribution in [2.75, 3.05) is 0 Å². The normalized spacial score (nSPS) is 11.4. The summed E-state index contributed by atoms with van der Waals surface area (Å²) >= 11 is 0. The van der Waals surface area contributed by atoms with Crippen LogP contribution in [0.3, 0.4) is 0 Å². The molecule has 182 valence electrons. The summed E-state index contributed by atoms with van der Waals surface area (Å²) < 4.78 is 44.8. The van der Waals surface area contributed by atoms with E-state index >= 15 is 4.39 Å². The zero-order chi connectivity index (χ0) is 24.8. The molecule has 0 aliphatic heterocycles. The van der Waals surface area contributed by atoms with Crippen LogP contribution < -0.4 is 4.74 Å². The van der Waals surface area contributed by atoms with E-state index in [1.54, 1.807) is 24.3 Å². The highest BCUT2D eigenvalue weighted by molar-refractivity contribution is 5.94. The van der Waals surface area contributed by atoms with Crippen molar-refractivity contribution < 1.29 is 17.9 Å². The van der Waals surface area contributed by atoms with Crippen LogP contribution in [0.15, 0.2) is 72.8 Å². The van der Waals surface area contributed by atoms with Gasteiger partial charge in [0.2, 0.25) is 0 Å². The average molecular weight is 477 g/mol. The van der Waals surface area contributed by atoms with Crippen molar-refractivity contribution >= 4 is 10.8 Å². The average Bonchev–Trinajstić information content (AvgIpc) is 2.86. The van der Waals surface area contributed by atoms with Crippen LogP contribution >= 0.6 is 0 Å². The molecule has 0 aromatic heterocycles. The van der Waals surface area contributed by atoms with Gasteiger partial charge in [-0.1, -0.05) is 81.3 Å². The Morgan fingerprint density at radius 3 is 2.14 bits per heavy atom. The van der Waals surface area contributed by atoms with Crippen LogP contribution in [0.4, 0.5) is 13.2 Å². The number of halogens is 3. The van der Waals surface area contributed by atoms with Gasteiger partial charge in [-0.15, -0.1) is 0 Å². The molecule has 0 aliphatic rings. The summed E-state index contributed by atoms with van der Waals surface area (Å²) in [6.45, 7) is 1.49. The molecule has 0 aliphatic carbocycles. The molecule has 4 rings (SSSR count). The Kier molecular flexibility index (Phi) is 8.12. The van der Waals surface area contributed by atoms with Gasteiger partial charge >= 0.3 is 6.61 Å². The van der Waals surface area contributed by atoms with Crippen molar-refractivity contribution in [3.8, 4) is 28.0 Å². The minimum absolute atomic E-state index is 0.0538. The molecule has 0 amide bonds. The van der Waals surface area contributed by atoms with Crippen LogP contribution in [-0.4, -0.2) is 6.61 Å². The number of rotatable bonds is 10. The second-order valence-electron chi connectivity index (χ2n) is 8.91. The maximum absolute atomic E-state index is 15.5. The highest BCUT2D eigenvalue weighted by atomic mass is 19.3. The van der Waals surface area contributed by atoms with Gasteiger partial charge in [0.15, 0.2) is 0 Å². The quantitative estimate of drug-likeness (QED) is 0.221. The second kappa shape index (κ2) is 11.4. The van der Waals surface area contributed by atoms with Gasteiger partial charge in [-0.25, -0.2) is 4.39 Å². The molecule has 0 N–H and O–H groups in total. The molecule has 4 aromatic rings. The van der Waals surface area contributed by atoms with Gasteiger partial charge in [0.1, 0.15) is 11.6 Å². The smallest absolute Gasteiger partial charge is 0.387 e. The zero-order valence-corrected chi connectivity index (χ0v) is 20.3. The lowest BCUT2D eigenvalue weighted by Crippen LogP contribution is -2.01. The molecule has 0 heterocycles. The topological polar surface area (TPSA) is 9.23 Å². The fourth-order valence-electron chi connectivity index (χ4n) is 4.74. The number of fused-ring (bicyclic) bond motifs is 1. The number of benzene rings is 4. The highest BCUT2D eigenvalue weighted by Crippen LogP contribution is 2.38. The first-order valence-corrected chi connectivity index (χ1v) is 12.4. The Hall–Kier alpha value is -3.27. The largest absolute Gasteiger partial charge is 0.435 e. The zero-order valence-electron chi connectivity index (χ0n) is 20.3. The Morgan fingerprint density at radius 1 is 0.771 bits per heavy atom. The molecule has 4 aromatic carbocycles. The van der Waals surface area contributed by atoms with E-state index < -0.39 is 6.61 Å². The van der Waals surface area contributed by atoms with E-state index in [2.05, 4.69) is 48.9 Å². The molecular formula is C31H31F3O. The first-order valence-electron chi connectivity index (χ1n) is 12.4. The molecule has 0 bridgehead atoms. The fraction of sp³-hybridized carbons (Fsp3) is 0.290. The number of alkyl halides is 2. The number of hydrogen-bond acceptors (Lipinski definition) is 1. The standard InChI is InChI=1S/C31H31F3O/c1-3-5-9-23-19-22-10-7-8-12-26(22)28(11-6-4-2)30(23)24-15-18-27(29(32)20-24)21-13-16-25(17-14-21)35-31(33)34/h7-8,10,12-20,31H,3-6,9,11H2,1-2H3. The van der Waals surface area contributed by atoms with Gasteiger partial charge in [0, 0.05) is 5.56 Å². The van der Waals surface area contributed by atoms with Crippen LogP contribution in [-0.2, 0) is 12.8 Å². The van der Waals surface area contributed by atoms with Gasteiger partial charge in [-0.05, 0) is 82.5 Å². The number of unbranched alkanes of at least 4 members (excludes halogenated alkanes) is 2. The summed E-state index contributed by atoms with van der Waals surface area (Å²) in [5.41, 5.74) is 5.63. The summed E-state index contributed by atoms with van der Waals surface area (Å²) in [6, 6.07) is 22.2. The molecule has 0 radical (unpaired) electrons. The van der Waals surface area contributed by atoms with E-state index in [0.717, 1.165) is 49.7 Å². The number of ether oxygens (including phenoxy) is 1. The van der Waals surface area contributed by atoms with Crippen LogP contribution in [0, 0.1) is 5.82 Å². The van der Waals surface area contributed by atoms with E-state index in [1.807, 2.05) is 6.07 Å². The Morgan fingerprint density at radius 2 is 1.46 bits per heavy atom. The first kappa shape index (κ1) is 24.8. The van der Waals surface area contributed by atoms with Crippen molar-refractivity contribution in [3.63, 3.8) is 0 Å². The van der Waals surface area contributed by atoms with E-state index in [1.165, 1.54) is 34.0 Å². The minimum atomic E-state index is -2.89. The summed E-state index contributed by atoms with van der Waals surface area (Å²) in [5, 5.41) is 2.46. The maximum atomic E-state index is 15.5. The molecule has 0 unspecified atom stereocenters. The predicted molar refractivity (Wildman–Crippen MR) is 139 cm³/mol. The van der Waals surface area contributed by atoms with Gasteiger partial charge in [-0.2, -0.15) is 8.78 Å².